The monoisotopic (exact) mass is 436 g/mol. The van der Waals surface area contributed by atoms with Crippen LogP contribution in [0.3, 0.4) is 0 Å². The average Bonchev–Trinajstić information content (AvgIpc) is 2.78. The summed E-state index contributed by atoms with van der Waals surface area (Å²) in [4.78, 5) is 0. The molecule has 3 N–H and O–H groups in total. The van der Waals surface area contributed by atoms with E-state index in [0.717, 1.165) is 11.3 Å². The lowest BCUT2D eigenvalue weighted by molar-refractivity contribution is 0.504. The maximum Gasteiger partial charge on any atom is 0.0372 e. The van der Waals surface area contributed by atoms with Crippen LogP contribution in [0.15, 0.2) is 36.4 Å². The molecule has 32 heavy (non-hydrogen) atoms. The molecule has 0 aliphatic carbocycles. The smallest absolute Gasteiger partial charge is 0.0372 e. The number of hydrogen-bond acceptors (Lipinski definition) is 2. The molecular weight excluding hydrogens is 388 g/mol. The van der Waals surface area contributed by atoms with Crippen LogP contribution in [0.5, 0.6) is 0 Å². The number of unbranched alkanes of at least 4 members (excludes halogenated alkanes) is 9. The van der Waals surface area contributed by atoms with Gasteiger partial charge in [0.1, 0.15) is 0 Å². The molecule has 0 amide bonds. The van der Waals surface area contributed by atoms with Gasteiger partial charge in [-0.05, 0) is 73.2 Å². The summed E-state index contributed by atoms with van der Waals surface area (Å²) in [6.45, 7) is 8.90. The first kappa shape index (κ1) is 26.3. The SMILES string of the molecule is CCCCCCCCC(CCCCCCC)Nc1ccc(-c2ccc(N)c(C)c2)cc1C. The Morgan fingerprint density at radius 1 is 0.656 bits per heavy atom. The van der Waals surface area contributed by atoms with Crippen molar-refractivity contribution in [3.05, 3.63) is 47.5 Å². The molecule has 2 nitrogen and oxygen atoms in total. The van der Waals surface area contributed by atoms with Gasteiger partial charge in [-0.25, -0.2) is 0 Å². The lowest BCUT2D eigenvalue weighted by Gasteiger charge is -2.22. The van der Waals surface area contributed by atoms with Crippen LogP contribution < -0.4 is 11.1 Å². The summed E-state index contributed by atoms with van der Waals surface area (Å²) < 4.78 is 0. The minimum absolute atomic E-state index is 0.589. The molecule has 2 aromatic carbocycles. The minimum Gasteiger partial charge on any atom is -0.399 e. The first-order valence-corrected chi connectivity index (χ1v) is 13.3. The van der Waals surface area contributed by atoms with Crippen LogP contribution in [0.2, 0.25) is 0 Å². The third kappa shape index (κ3) is 9.27. The Bertz CT molecular complexity index is 780. The quantitative estimate of drug-likeness (QED) is 0.203. The van der Waals surface area contributed by atoms with Gasteiger partial charge >= 0.3 is 0 Å². The molecule has 0 aromatic heterocycles. The molecular formula is C30H48N2. The van der Waals surface area contributed by atoms with Crippen molar-refractivity contribution in [3.63, 3.8) is 0 Å². The fraction of sp³-hybridized carbons (Fsp3) is 0.600. The number of nitrogens with two attached hydrogens (primary N) is 1. The van der Waals surface area contributed by atoms with Crippen molar-refractivity contribution in [2.75, 3.05) is 11.1 Å². The first-order valence-electron chi connectivity index (χ1n) is 13.3. The Balaban J connectivity index is 1.98. The summed E-state index contributed by atoms with van der Waals surface area (Å²) in [5.41, 5.74) is 13.1. The Hall–Kier alpha value is -1.96. The molecule has 0 saturated carbocycles. The van der Waals surface area contributed by atoms with Crippen molar-refractivity contribution in [2.45, 2.75) is 117 Å². The fourth-order valence-electron chi connectivity index (χ4n) is 4.53. The molecule has 0 heterocycles. The number of nitrogens with one attached hydrogen (secondary N) is 1. The van der Waals surface area contributed by atoms with Crippen molar-refractivity contribution < 1.29 is 0 Å². The van der Waals surface area contributed by atoms with E-state index in [1.165, 1.54) is 106 Å². The zero-order valence-corrected chi connectivity index (χ0v) is 21.3. The van der Waals surface area contributed by atoms with Gasteiger partial charge in [0.05, 0.1) is 0 Å². The fourth-order valence-corrected chi connectivity index (χ4v) is 4.53. The van der Waals surface area contributed by atoms with E-state index in [4.69, 9.17) is 5.73 Å². The maximum atomic E-state index is 6.01. The van der Waals surface area contributed by atoms with E-state index in [1.807, 2.05) is 6.07 Å². The van der Waals surface area contributed by atoms with Gasteiger partial charge in [0.15, 0.2) is 0 Å². The normalized spacial score (nSPS) is 12.1. The lowest BCUT2D eigenvalue weighted by Crippen LogP contribution is -2.20. The van der Waals surface area contributed by atoms with Crippen LogP contribution in [0.1, 0.15) is 108 Å². The van der Waals surface area contributed by atoms with Crippen LogP contribution >= 0.6 is 0 Å². The summed E-state index contributed by atoms with van der Waals surface area (Å²) in [6.07, 6.45) is 17.6. The maximum absolute atomic E-state index is 6.01. The Morgan fingerprint density at radius 3 is 1.69 bits per heavy atom. The molecule has 0 saturated heterocycles. The molecule has 0 bridgehead atoms. The lowest BCUT2D eigenvalue weighted by atomic mass is 9.98. The Morgan fingerprint density at radius 2 is 1.16 bits per heavy atom. The molecule has 2 rings (SSSR count). The highest BCUT2D eigenvalue weighted by Gasteiger charge is 2.11. The van der Waals surface area contributed by atoms with Crippen molar-refractivity contribution in [2.24, 2.45) is 0 Å². The van der Waals surface area contributed by atoms with Gasteiger partial charge in [-0.3, -0.25) is 0 Å². The molecule has 178 valence electrons. The largest absolute Gasteiger partial charge is 0.399 e. The number of anilines is 2. The molecule has 0 aliphatic heterocycles. The molecule has 0 spiro atoms. The van der Waals surface area contributed by atoms with E-state index in [2.05, 4.69) is 63.3 Å². The second-order valence-electron chi connectivity index (χ2n) is 9.70. The van der Waals surface area contributed by atoms with Crippen LogP contribution in [-0.4, -0.2) is 6.04 Å². The summed E-state index contributed by atoms with van der Waals surface area (Å²) in [7, 11) is 0. The molecule has 1 unspecified atom stereocenters. The number of benzene rings is 2. The summed E-state index contributed by atoms with van der Waals surface area (Å²) in [6, 6.07) is 13.8. The van der Waals surface area contributed by atoms with Crippen LogP contribution in [0, 0.1) is 13.8 Å². The van der Waals surface area contributed by atoms with E-state index in [-0.39, 0.29) is 0 Å². The third-order valence-electron chi connectivity index (χ3n) is 6.75. The van der Waals surface area contributed by atoms with Gasteiger partial charge < -0.3 is 11.1 Å². The van der Waals surface area contributed by atoms with Gasteiger partial charge in [0.25, 0.3) is 0 Å². The van der Waals surface area contributed by atoms with E-state index in [0.29, 0.717) is 6.04 Å². The zero-order valence-electron chi connectivity index (χ0n) is 21.3. The predicted octanol–water partition coefficient (Wildman–Crippen LogP) is 9.44. The average molecular weight is 437 g/mol. The minimum atomic E-state index is 0.589. The second kappa shape index (κ2) is 15.0. The highest BCUT2D eigenvalue weighted by Crippen LogP contribution is 2.28. The van der Waals surface area contributed by atoms with E-state index < -0.39 is 0 Å². The van der Waals surface area contributed by atoms with Gasteiger partial charge in [-0.2, -0.15) is 0 Å². The number of aryl methyl sites for hydroxylation is 2. The number of rotatable bonds is 16. The van der Waals surface area contributed by atoms with Crippen molar-refractivity contribution in [1.82, 2.24) is 0 Å². The van der Waals surface area contributed by atoms with Gasteiger partial charge in [0.2, 0.25) is 0 Å². The van der Waals surface area contributed by atoms with Crippen LogP contribution in [-0.2, 0) is 0 Å². The van der Waals surface area contributed by atoms with Crippen LogP contribution in [0.25, 0.3) is 11.1 Å². The molecule has 0 aliphatic rings. The third-order valence-corrected chi connectivity index (χ3v) is 6.75. The summed E-state index contributed by atoms with van der Waals surface area (Å²) in [5.74, 6) is 0. The Kier molecular flexibility index (Phi) is 12.3. The van der Waals surface area contributed by atoms with Crippen LogP contribution in [0.4, 0.5) is 11.4 Å². The molecule has 2 aromatic rings. The standard InChI is InChI=1S/C30H48N2/c1-5-7-9-11-13-15-17-28(16-14-12-10-8-6-2)32-30-21-19-27(23-25(30)4)26-18-20-29(31)24(3)22-26/h18-23,28,32H,5-17,31H2,1-4H3. The molecule has 1 atom stereocenters. The van der Waals surface area contributed by atoms with E-state index in [9.17, 15) is 0 Å². The first-order chi connectivity index (χ1) is 15.5. The predicted molar refractivity (Wildman–Crippen MR) is 145 cm³/mol. The molecule has 2 heteroatoms. The molecule has 0 fully saturated rings. The summed E-state index contributed by atoms with van der Waals surface area (Å²) >= 11 is 0. The number of nitrogen functional groups attached to an aromatic ring is 1. The van der Waals surface area contributed by atoms with Crippen molar-refractivity contribution >= 4 is 11.4 Å². The second-order valence-corrected chi connectivity index (χ2v) is 9.70. The summed E-state index contributed by atoms with van der Waals surface area (Å²) in [5, 5.41) is 3.92. The topological polar surface area (TPSA) is 38.0 Å². The van der Waals surface area contributed by atoms with Crippen molar-refractivity contribution in [3.8, 4) is 11.1 Å². The number of hydrogen-bond donors (Lipinski definition) is 2. The van der Waals surface area contributed by atoms with Gasteiger partial charge in [0, 0.05) is 17.4 Å². The molecule has 0 radical (unpaired) electrons. The Labute approximate surface area is 198 Å². The van der Waals surface area contributed by atoms with Gasteiger partial charge in [-0.1, -0.05) is 96.6 Å². The van der Waals surface area contributed by atoms with E-state index >= 15 is 0 Å². The van der Waals surface area contributed by atoms with Crippen molar-refractivity contribution in [1.29, 1.82) is 0 Å². The highest BCUT2D eigenvalue weighted by molar-refractivity contribution is 5.71. The highest BCUT2D eigenvalue weighted by atomic mass is 14.9. The zero-order chi connectivity index (χ0) is 23.2. The van der Waals surface area contributed by atoms with E-state index in [1.54, 1.807) is 0 Å². The van der Waals surface area contributed by atoms with Gasteiger partial charge in [-0.15, -0.1) is 0 Å².